The molecule has 1 heterocycles. The van der Waals surface area contributed by atoms with Crippen LogP contribution in [0.2, 0.25) is 5.02 Å². The Hall–Kier alpha value is -1.93. The Kier molecular flexibility index (Phi) is 6.95. The number of nitrogens with zero attached hydrogens (tertiary/aromatic N) is 1. The molecule has 1 atom stereocenters. The zero-order valence-corrected chi connectivity index (χ0v) is 18.1. The van der Waals surface area contributed by atoms with Gasteiger partial charge in [0.25, 0.3) is 5.91 Å². The van der Waals surface area contributed by atoms with Gasteiger partial charge in [0.2, 0.25) is 0 Å². The van der Waals surface area contributed by atoms with E-state index in [0.717, 1.165) is 24.9 Å². The summed E-state index contributed by atoms with van der Waals surface area (Å²) in [4.78, 5) is 15.1. The van der Waals surface area contributed by atoms with E-state index in [1.807, 2.05) is 6.92 Å². The zero-order valence-electron chi connectivity index (χ0n) is 16.5. The fourth-order valence-corrected chi connectivity index (χ4v) is 4.18. The molecule has 2 aromatic carbocycles. The molecular weight excluding hydrogens is 412 g/mol. The first-order chi connectivity index (χ1) is 13.8. The molecule has 1 fully saturated rings. The molecule has 1 unspecified atom stereocenters. The van der Waals surface area contributed by atoms with Gasteiger partial charge in [-0.15, -0.1) is 0 Å². The third kappa shape index (κ3) is 5.57. The van der Waals surface area contributed by atoms with Crippen molar-refractivity contribution in [1.82, 2.24) is 10.2 Å². The monoisotopic (exact) mass is 436 g/mol. The topological polar surface area (TPSA) is 75.7 Å². The maximum Gasteiger partial charge on any atom is 0.252 e. The van der Waals surface area contributed by atoms with Crippen molar-refractivity contribution >= 4 is 27.3 Å². The van der Waals surface area contributed by atoms with Crippen LogP contribution in [0.15, 0.2) is 47.4 Å². The van der Waals surface area contributed by atoms with Crippen LogP contribution in [0.1, 0.15) is 27.5 Å². The van der Waals surface area contributed by atoms with E-state index in [-0.39, 0.29) is 21.5 Å². The van der Waals surface area contributed by atoms with Crippen LogP contribution in [0.4, 0.5) is 0 Å². The number of ether oxygens (including phenoxy) is 1. The number of aryl methyl sites for hydroxylation is 1. The largest absolute Gasteiger partial charge is 0.379 e. The van der Waals surface area contributed by atoms with Crippen molar-refractivity contribution in [3.05, 3.63) is 64.2 Å². The summed E-state index contributed by atoms with van der Waals surface area (Å²) < 4.78 is 29.1. The lowest BCUT2D eigenvalue weighted by Crippen LogP contribution is -2.43. The molecule has 1 amide bonds. The summed E-state index contributed by atoms with van der Waals surface area (Å²) in [6.07, 6.45) is 1.10. The lowest BCUT2D eigenvalue weighted by Gasteiger charge is -2.35. The van der Waals surface area contributed by atoms with E-state index < -0.39 is 15.7 Å². The van der Waals surface area contributed by atoms with Gasteiger partial charge in [-0.2, -0.15) is 0 Å². The molecule has 6 nitrogen and oxygen atoms in total. The van der Waals surface area contributed by atoms with Crippen LogP contribution < -0.4 is 5.32 Å². The number of halogens is 1. The van der Waals surface area contributed by atoms with Gasteiger partial charge in [-0.1, -0.05) is 41.4 Å². The van der Waals surface area contributed by atoms with Crippen molar-refractivity contribution < 1.29 is 17.9 Å². The van der Waals surface area contributed by atoms with Crippen molar-refractivity contribution in [2.75, 3.05) is 39.1 Å². The molecule has 1 aliphatic heterocycles. The normalized spacial score (nSPS) is 16.4. The predicted molar refractivity (Wildman–Crippen MR) is 113 cm³/mol. The number of carbonyl (C=O) groups is 1. The first-order valence-corrected chi connectivity index (χ1v) is 11.7. The summed E-state index contributed by atoms with van der Waals surface area (Å²) in [6.45, 7) is 5.27. The smallest absolute Gasteiger partial charge is 0.252 e. The maximum atomic E-state index is 12.8. The number of amides is 1. The van der Waals surface area contributed by atoms with Gasteiger partial charge in [0.05, 0.1) is 34.7 Å². The van der Waals surface area contributed by atoms with Crippen molar-refractivity contribution in [3.63, 3.8) is 0 Å². The van der Waals surface area contributed by atoms with Crippen LogP contribution in [0.5, 0.6) is 0 Å². The van der Waals surface area contributed by atoms with Gasteiger partial charge >= 0.3 is 0 Å². The Bertz CT molecular complexity index is 971. The molecule has 29 heavy (non-hydrogen) atoms. The van der Waals surface area contributed by atoms with Gasteiger partial charge in [-0.25, -0.2) is 8.42 Å². The Morgan fingerprint density at radius 3 is 2.45 bits per heavy atom. The summed E-state index contributed by atoms with van der Waals surface area (Å²) in [5.74, 6) is -0.397. The minimum absolute atomic E-state index is 0.0136. The number of hydrogen-bond donors (Lipinski definition) is 1. The van der Waals surface area contributed by atoms with E-state index in [2.05, 4.69) is 34.5 Å². The van der Waals surface area contributed by atoms with Gasteiger partial charge in [-0.05, 0) is 30.7 Å². The second kappa shape index (κ2) is 9.26. The highest BCUT2D eigenvalue weighted by Gasteiger charge is 2.24. The molecule has 0 saturated carbocycles. The Balaban J connectivity index is 1.80. The zero-order chi connectivity index (χ0) is 21.0. The summed E-state index contributed by atoms with van der Waals surface area (Å²) in [7, 11) is -3.43. The fraction of sp³-hybridized carbons (Fsp3) is 0.381. The van der Waals surface area contributed by atoms with Crippen LogP contribution in [0.3, 0.4) is 0 Å². The molecule has 2 aromatic rings. The van der Waals surface area contributed by atoms with Crippen molar-refractivity contribution in [2.45, 2.75) is 17.9 Å². The Labute approximate surface area is 176 Å². The highest BCUT2D eigenvalue weighted by molar-refractivity contribution is 7.90. The number of nitrogens with one attached hydrogen (secondary N) is 1. The molecule has 0 bridgehead atoms. The van der Waals surface area contributed by atoms with Crippen molar-refractivity contribution in [1.29, 1.82) is 0 Å². The van der Waals surface area contributed by atoms with Crippen molar-refractivity contribution in [2.24, 2.45) is 0 Å². The third-order valence-corrected chi connectivity index (χ3v) is 6.45. The van der Waals surface area contributed by atoms with Crippen LogP contribution in [0.25, 0.3) is 0 Å². The van der Waals surface area contributed by atoms with E-state index in [4.69, 9.17) is 16.3 Å². The third-order valence-electron chi connectivity index (χ3n) is 5.02. The molecule has 0 spiro atoms. The van der Waals surface area contributed by atoms with Gasteiger partial charge in [0.1, 0.15) is 0 Å². The second-order valence-electron chi connectivity index (χ2n) is 7.20. The Morgan fingerprint density at radius 1 is 1.17 bits per heavy atom. The minimum atomic E-state index is -3.43. The summed E-state index contributed by atoms with van der Waals surface area (Å²) in [5, 5.41) is 3.14. The molecular formula is C21H25ClN2O4S. The first kappa shape index (κ1) is 21.8. The summed E-state index contributed by atoms with van der Waals surface area (Å²) >= 11 is 6.16. The van der Waals surface area contributed by atoms with Gasteiger partial charge < -0.3 is 10.1 Å². The minimum Gasteiger partial charge on any atom is -0.379 e. The Morgan fingerprint density at radius 2 is 1.83 bits per heavy atom. The maximum absolute atomic E-state index is 12.8. The van der Waals surface area contributed by atoms with Crippen molar-refractivity contribution in [3.8, 4) is 0 Å². The lowest BCUT2D eigenvalue weighted by molar-refractivity contribution is 0.0162. The van der Waals surface area contributed by atoms with E-state index in [1.165, 1.54) is 23.8 Å². The lowest BCUT2D eigenvalue weighted by atomic mass is 10.0. The molecule has 1 N–H and O–H groups in total. The molecule has 8 heteroatoms. The highest BCUT2D eigenvalue weighted by Crippen LogP contribution is 2.24. The SMILES string of the molecule is Cc1ccc(C(CNC(=O)c2cc(S(C)(=O)=O)ccc2Cl)N2CCOCC2)cc1. The number of sulfone groups is 1. The molecule has 156 valence electrons. The van der Waals surface area contributed by atoms with Crippen LogP contribution in [-0.4, -0.2) is 58.3 Å². The summed E-state index contributed by atoms with van der Waals surface area (Å²) in [6, 6.07) is 12.4. The van der Waals surface area contributed by atoms with E-state index in [0.29, 0.717) is 19.8 Å². The molecule has 0 radical (unpaired) electrons. The van der Waals surface area contributed by atoms with E-state index >= 15 is 0 Å². The fourth-order valence-electron chi connectivity index (χ4n) is 3.33. The van der Waals surface area contributed by atoms with Crippen LogP contribution in [-0.2, 0) is 14.6 Å². The molecule has 0 aromatic heterocycles. The number of hydrogen-bond acceptors (Lipinski definition) is 5. The number of rotatable bonds is 6. The average molecular weight is 437 g/mol. The number of benzene rings is 2. The second-order valence-corrected chi connectivity index (χ2v) is 9.62. The van der Waals surface area contributed by atoms with E-state index in [9.17, 15) is 13.2 Å². The molecule has 0 aliphatic carbocycles. The molecule has 1 aliphatic rings. The van der Waals surface area contributed by atoms with E-state index in [1.54, 1.807) is 0 Å². The predicted octanol–water partition coefficient (Wildman–Crippen LogP) is 2.86. The number of morpholine rings is 1. The van der Waals surface area contributed by atoms with Gasteiger partial charge in [-0.3, -0.25) is 9.69 Å². The molecule has 1 saturated heterocycles. The van der Waals surface area contributed by atoms with Crippen LogP contribution in [0, 0.1) is 6.92 Å². The van der Waals surface area contributed by atoms with Gasteiger partial charge in [0.15, 0.2) is 9.84 Å². The average Bonchev–Trinajstić information content (AvgIpc) is 2.69. The molecule has 3 rings (SSSR count). The van der Waals surface area contributed by atoms with Crippen LogP contribution >= 0.6 is 11.6 Å². The first-order valence-electron chi connectivity index (χ1n) is 9.42. The highest BCUT2D eigenvalue weighted by atomic mass is 35.5. The standard InChI is InChI=1S/C21H25ClN2O4S/c1-15-3-5-16(6-4-15)20(24-9-11-28-12-10-24)14-23-21(25)18-13-17(29(2,26)27)7-8-19(18)22/h3-8,13,20H,9-12,14H2,1-2H3,(H,23,25). The van der Waals surface area contributed by atoms with Gasteiger partial charge in [0, 0.05) is 25.9 Å². The quantitative estimate of drug-likeness (QED) is 0.753. The summed E-state index contributed by atoms with van der Waals surface area (Å²) in [5.41, 5.74) is 2.43. The number of carbonyl (C=O) groups excluding carboxylic acids is 1.